The molecular weight excluding hydrogens is 943 g/mol. The number of rotatable bonds is 7. The number of anilines is 3. The van der Waals surface area contributed by atoms with Crippen LogP contribution in [0.2, 0.25) is 0 Å². The molecule has 0 bridgehead atoms. The minimum atomic E-state index is -0.727. The molecule has 75 heavy (non-hydrogen) atoms. The Morgan fingerprint density at radius 3 is 0.853 bits per heavy atom. The number of fused-ring (bicyclic) bond motifs is 14. The van der Waals surface area contributed by atoms with E-state index >= 15 is 0 Å². The van der Waals surface area contributed by atoms with E-state index in [9.17, 15) is 0 Å². The first-order valence-electron chi connectivity index (χ1n) is 26.0. The molecule has 3 aliphatic rings. The summed E-state index contributed by atoms with van der Waals surface area (Å²) in [6, 6.07) is 110. The summed E-state index contributed by atoms with van der Waals surface area (Å²) in [6.07, 6.45) is 0. The minimum Gasteiger partial charge on any atom is -0.302 e. The molecule has 0 unspecified atom stereocenters. The van der Waals surface area contributed by atoms with Crippen LogP contribution in [0, 0.1) is 0 Å². The van der Waals surface area contributed by atoms with Gasteiger partial charge in [0.2, 0.25) is 0 Å². The maximum atomic E-state index is 2.61. The largest absolute Gasteiger partial charge is 0.302 e. The summed E-state index contributed by atoms with van der Waals surface area (Å²) in [4.78, 5) is 5.19. The van der Waals surface area contributed by atoms with E-state index in [1.807, 2.05) is 22.7 Å². The van der Waals surface area contributed by atoms with Crippen LogP contribution in [0.5, 0.6) is 0 Å². The van der Waals surface area contributed by atoms with Gasteiger partial charge in [-0.1, -0.05) is 255 Å². The number of hydrogen-bond acceptors (Lipinski definition) is 3. The molecule has 0 saturated carbocycles. The van der Waals surface area contributed by atoms with Gasteiger partial charge in [-0.2, -0.15) is 0 Å². The molecule has 1 nitrogen and oxygen atoms in total. The number of thiophene rings is 2. The molecule has 3 aliphatic carbocycles. The Balaban J connectivity index is 1.14. The van der Waals surface area contributed by atoms with Crippen LogP contribution in [-0.2, 0) is 21.7 Å². The molecule has 12 aromatic rings. The van der Waals surface area contributed by atoms with Crippen molar-refractivity contribution in [2.45, 2.75) is 21.7 Å². The molecule has 0 atom stereocenters. The predicted molar refractivity (Wildman–Crippen MR) is 311 cm³/mol. The molecule has 0 saturated heterocycles. The normalized spacial score (nSPS) is 15.4. The topological polar surface area (TPSA) is 3.24 Å². The quantitative estimate of drug-likeness (QED) is 0.154. The van der Waals surface area contributed by atoms with E-state index in [1.165, 1.54) is 92.6 Å². The van der Waals surface area contributed by atoms with E-state index in [1.54, 1.807) is 0 Å². The first-order chi connectivity index (χ1) is 37.2. The smallest absolute Gasteiger partial charge is 0.101 e. The maximum absolute atomic E-state index is 2.61. The van der Waals surface area contributed by atoms with E-state index < -0.39 is 21.7 Å². The van der Waals surface area contributed by atoms with Gasteiger partial charge in [0, 0.05) is 21.1 Å². The third-order valence-corrected chi connectivity index (χ3v) is 19.2. The van der Waals surface area contributed by atoms with Gasteiger partial charge in [-0.15, -0.1) is 22.7 Å². The second kappa shape index (κ2) is 17.0. The van der Waals surface area contributed by atoms with Crippen molar-refractivity contribution in [1.29, 1.82) is 0 Å². The summed E-state index contributed by atoms with van der Waals surface area (Å²) < 4.78 is 0. The second-order valence-electron chi connectivity index (χ2n) is 20.1. The fourth-order valence-corrected chi connectivity index (χ4v) is 17.0. The highest BCUT2D eigenvalue weighted by molar-refractivity contribution is 7.17. The number of benzene rings is 10. The Hall–Kier alpha value is -8.60. The van der Waals surface area contributed by atoms with Crippen LogP contribution in [-0.4, -0.2) is 0 Å². The van der Waals surface area contributed by atoms with Gasteiger partial charge in [0.15, 0.2) is 0 Å². The van der Waals surface area contributed by atoms with E-state index in [4.69, 9.17) is 0 Å². The van der Waals surface area contributed by atoms with Crippen molar-refractivity contribution in [2.24, 2.45) is 0 Å². The average molecular weight is 992 g/mol. The lowest BCUT2D eigenvalue weighted by molar-refractivity contribution is 0.560. The van der Waals surface area contributed by atoms with E-state index in [0.29, 0.717) is 0 Å². The van der Waals surface area contributed by atoms with Crippen LogP contribution < -0.4 is 4.90 Å². The molecule has 354 valence electrons. The van der Waals surface area contributed by atoms with Gasteiger partial charge in [0.25, 0.3) is 0 Å². The maximum Gasteiger partial charge on any atom is 0.101 e. The molecule has 2 spiro atoms. The third kappa shape index (κ3) is 5.77. The molecule has 15 rings (SSSR count). The summed E-state index contributed by atoms with van der Waals surface area (Å²) in [6.45, 7) is 0. The number of para-hydroxylation sites is 2. The molecule has 0 fully saturated rings. The zero-order chi connectivity index (χ0) is 49.6. The summed E-state index contributed by atoms with van der Waals surface area (Å²) in [5.74, 6) is 0. The van der Waals surface area contributed by atoms with Crippen molar-refractivity contribution < 1.29 is 0 Å². The Bertz CT molecular complexity index is 3630. The molecule has 2 heterocycles. The van der Waals surface area contributed by atoms with Crippen molar-refractivity contribution in [3.63, 3.8) is 0 Å². The first-order valence-corrected chi connectivity index (χ1v) is 27.7. The van der Waals surface area contributed by atoms with E-state index in [-0.39, 0.29) is 0 Å². The predicted octanol–water partition coefficient (Wildman–Crippen LogP) is 17.8. The van der Waals surface area contributed by atoms with Crippen LogP contribution in [0.15, 0.2) is 297 Å². The van der Waals surface area contributed by atoms with E-state index in [0.717, 1.165) is 11.4 Å². The van der Waals surface area contributed by atoms with Gasteiger partial charge >= 0.3 is 0 Å². The summed E-state index contributed by atoms with van der Waals surface area (Å²) in [7, 11) is 0. The summed E-state index contributed by atoms with van der Waals surface area (Å²) in [5, 5.41) is 3.57. The molecule has 0 radical (unpaired) electrons. The monoisotopic (exact) mass is 991 g/mol. The van der Waals surface area contributed by atoms with Gasteiger partial charge < -0.3 is 4.90 Å². The summed E-state index contributed by atoms with van der Waals surface area (Å²) in [5.41, 5.74) is 17.7. The second-order valence-corrected chi connectivity index (χ2v) is 22.1. The van der Waals surface area contributed by atoms with Crippen LogP contribution >= 0.6 is 22.7 Å². The number of hydrogen-bond donors (Lipinski definition) is 0. The Kier molecular flexibility index (Phi) is 9.95. The van der Waals surface area contributed by atoms with Crippen molar-refractivity contribution in [1.82, 2.24) is 0 Å². The van der Waals surface area contributed by atoms with Crippen molar-refractivity contribution in [2.75, 3.05) is 4.90 Å². The average Bonchev–Trinajstić information content (AvgIpc) is 4.18. The zero-order valence-electron chi connectivity index (χ0n) is 41.1. The highest BCUT2D eigenvalue weighted by Crippen LogP contribution is 2.71. The Morgan fingerprint density at radius 2 is 0.520 bits per heavy atom. The van der Waals surface area contributed by atoms with Gasteiger partial charge in [-0.3, -0.25) is 0 Å². The number of nitrogens with zero attached hydrogens (tertiary/aromatic N) is 1. The summed E-state index contributed by atoms with van der Waals surface area (Å²) >= 11 is 3.89. The highest BCUT2D eigenvalue weighted by atomic mass is 32.1. The lowest BCUT2D eigenvalue weighted by Crippen LogP contribution is -2.52. The zero-order valence-corrected chi connectivity index (χ0v) is 42.7. The minimum absolute atomic E-state index is 0.623. The van der Waals surface area contributed by atoms with Crippen LogP contribution in [0.25, 0.3) is 0 Å². The Morgan fingerprint density at radius 1 is 0.240 bits per heavy atom. The first kappa shape index (κ1) is 43.9. The third-order valence-electron chi connectivity index (χ3n) is 16.9. The van der Waals surface area contributed by atoms with Crippen LogP contribution in [0.4, 0.5) is 16.4 Å². The SMILES string of the molecule is c1ccc(N(c2ccccc2)c2cc3c(s2)C2(c4ccccc4C(c4ccccc4)(c4ccccc4)c4ccccc42)c2ccsc2C32c3ccccc3C(c3ccccc3)(c3ccccc3)c3ccccc32)cc1. The highest BCUT2D eigenvalue weighted by Gasteiger charge is 2.64. The molecule has 0 amide bonds. The van der Waals surface area contributed by atoms with Gasteiger partial charge in [-0.25, -0.2) is 0 Å². The van der Waals surface area contributed by atoms with Crippen LogP contribution in [0.1, 0.15) is 87.6 Å². The standard InChI is InChI=1S/C72H49NS2/c1-7-27-50(28-8-1)69(51-29-9-2-10-30-51)56-39-19-23-43-60(56)71(61-44-24-20-40-57(61)69)64-47-48-74-67(64)72(65-49-66(75-68(65)71)73(54-35-15-5-16-36-54)55-37-17-6-18-38-55)62-45-25-21-41-58(62)70(52-31-11-3-12-32-52,53-33-13-4-14-34-53)59-42-22-26-46-63(59)72/h1-49H. The van der Waals surface area contributed by atoms with E-state index in [2.05, 4.69) is 301 Å². The molecule has 10 aromatic carbocycles. The van der Waals surface area contributed by atoms with Gasteiger partial charge in [0.05, 0.1) is 21.7 Å². The van der Waals surface area contributed by atoms with Gasteiger partial charge in [0.1, 0.15) is 5.00 Å². The molecular formula is C72H49NS2. The lowest BCUT2D eigenvalue weighted by atomic mass is 9.46. The van der Waals surface area contributed by atoms with Crippen molar-refractivity contribution in [3.8, 4) is 0 Å². The molecule has 0 N–H and O–H groups in total. The molecule has 3 heteroatoms. The Labute approximate surface area is 447 Å². The molecule has 0 aliphatic heterocycles. The molecule has 2 aromatic heterocycles. The fraction of sp³-hybridized carbons (Fsp3) is 0.0556. The van der Waals surface area contributed by atoms with Crippen LogP contribution in [0.3, 0.4) is 0 Å². The lowest BCUT2D eigenvalue weighted by Gasteiger charge is -2.56. The van der Waals surface area contributed by atoms with Crippen molar-refractivity contribution >= 4 is 39.0 Å². The van der Waals surface area contributed by atoms with Gasteiger partial charge in [-0.05, 0) is 120 Å². The fourth-order valence-electron chi connectivity index (χ4n) is 14.3. The van der Waals surface area contributed by atoms with Crippen molar-refractivity contribution in [3.05, 3.63) is 384 Å².